The summed E-state index contributed by atoms with van der Waals surface area (Å²) in [7, 11) is 2.13. The van der Waals surface area contributed by atoms with Gasteiger partial charge in [-0.05, 0) is 33.7 Å². The summed E-state index contributed by atoms with van der Waals surface area (Å²) in [5.74, 6) is 0.190. The fourth-order valence-corrected chi connectivity index (χ4v) is 2.70. The summed E-state index contributed by atoms with van der Waals surface area (Å²) in [6.07, 6.45) is 1.81. The maximum Gasteiger partial charge on any atom is 0.240 e. The Balaban J connectivity index is 0.00000128. The molecular formula is C11H23Cl2N3O. The van der Waals surface area contributed by atoms with E-state index in [0.29, 0.717) is 0 Å². The molecule has 1 unspecified atom stereocenters. The van der Waals surface area contributed by atoms with Crippen LogP contribution >= 0.6 is 24.8 Å². The molecule has 17 heavy (non-hydrogen) atoms. The van der Waals surface area contributed by atoms with Crippen molar-refractivity contribution in [3.8, 4) is 0 Å². The summed E-state index contributed by atoms with van der Waals surface area (Å²) in [6, 6.07) is 0. The standard InChI is InChI=1S/C11H21N3O.2ClH/c1-10(2)8-11(4-7-14(10)3)9(15)12-5-6-13-11;;/h13H,4-8H2,1-3H3,(H,12,15);2*1H. The first-order valence-electron chi connectivity index (χ1n) is 5.71. The van der Waals surface area contributed by atoms with E-state index in [0.717, 1.165) is 32.5 Å². The second-order valence-corrected chi connectivity index (χ2v) is 5.43. The van der Waals surface area contributed by atoms with E-state index in [4.69, 9.17) is 0 Å². The van der Waals surface area contributed by atoms with Crippen molar-refractivity contribution in [3.05, 3.63) is 0 Å². The Hall–Kier alpha value is -0.0300. The van der Waals surface area contributed by atoms with Gasteiger partial charge in [0.05, 0.1) is 0 Å². The van der Waals surface area contributed by atoms with Crippen LogP contribution in [-0.4, -0.2) is 48.6 Å². The summed E-state index contributed by atoms with van der Waals surface area (Å²) < 4.78 is 0. The normalized spacial score (nSPS) is 32.3. The van der Waals surface area contributed by atoms with E-state index >= 15 is 0 Å². The molecule has 4 nitrogen and oxygen atoms in total. The second-order valence-electron chi connectivity index (χ2n) is 5.43. The molecule has 2 aliphatic rings. The zero-order valence-electron chi connectivity index (χ0n) is 10.7. The number of carbonyl (C=O) groups is 1. The molecule has 1 atom stereocenters. The van der Waals surface area contributed by atoms with Crippen LogP contribution in [0.3, 0.4) is 0 Å². The predicted molar refractivity (Wildman–Crippen MR) is 74.2 cm³/mol. The quantitative estimate of drug-likeness (QED) is 0.691. The van der Waals surface area contributed by atoms with Gasteiger partial charge in [0.25, 0.3) is 0 Å². The minimum absolute atomic E-state index is 0. The van der Waals surface area contributed by atoms with Crippen molar-refractivity contribution in [2.75, 3.05) is 26.7 Å². The average Bonchev–Trinajstić information content (AvgIpc) is 2.17. The minimum Gasteiger partial charge on any atom is -0.353 e. The second kappa shape index (κ2) is 5.74. The van der Waals surface area contributed by atoms with Gasteiger partial charge < -0.3 is 15.5 Å². The molecule has 2 aliphatic heterocycles. The molecule has 1 amide bonds. The number of nitrogens with one attached hydrogen (secondary N) is 2. The molecule has 0 aliphatic carbocycles. The molecule has 0 radical (unpaired) electrons. The maximum absolute atomic E-state index is 12.0. The lowest BCUT2D eigenvalue weighted by Crippen LogP contribution is -2.69. The number of nitrogens with zero attached hydrogens (tertiary/aromatic N) is 1. The first-order chi connectivity index (χ1) is 6.96. The fourth-order valence-electron chi connectivity index (χ4n) is 2.70. The number of rotatable bonds is 0. The number of hydrogen-bond acceptors (Lipinski definition) is 3. The fraction of sp³-hybridized carbons (Fsp3) is 0.909. The highest BCUT2D eigenvalue weighted by atomic mass is 35.5. The van der Waals surface area contributed by atoms with Crippen LogP contribution in [0.25, 0.3) is 0 Å². The van der Waals surface area contributed by atoms with Crippen molar-refractivity contribution in [1.29, 1.82) is 0 Å². The first kappa shape index (κ1) is 17.0. The molecule has 1 spiro atoms. The first-order valence-corrected chi connectivity index (χ1v) is 5.71. The Morgan fingerprint density at radius 2 is 1.88 bits per heavy atom. The molecule has 2 heterocycles. The van der Waals surface area contributed by atoms with Gasteiger partial charge in [-0.25, -0.2) is 0 Å². The van der Waals surface area contributed by atoms with Crippen LogP contribution < -0.4 is 10.6 Å². The van der Waals surface area contributed by atoms with Gasteiger partial charge in [0.1, 0.15) is 5.54 Å². The molecule has 2 rings (SSSR count). The zero-order chi connectivity index (χ0) is 11.1. The molecule has 2 saturated heterocycles. The Morgan fingerprint density at radius 1 is 1.24 bits per heavy atom. The van der Waals surface area contributed by atoms with Crippen LogP contribution in [0.15, 0.2) is 0 Å². The number of piperidine rings is 1. The summed E-state index contributed by atoms with van der Waals surface area (Å²) in [4.78, 5) is 14.3. The lowest BCUT2D eigenvalue weighted by Gasteiger charge is -2.50. The Labute approximate surface area is 116 Å². The lowest BCUT2D eigenvalue weighted by molar-refractivity contribution is -0.134. The highest BCUT2D eigenvalue weighted by Gasteiger charge is 2.48. The van der Waals surface area contributed by atoms with Gasteiger partial charge in [-0.3, -0.25) is 4.79 Å². The van der Waals surface area contributed by atoms with Crippen LogP contribution in [0.2, 0.25) is 0 Å². The SMILES string of the molecule is CN1CCC2(CC1(C)C)NCCNC2=O.Cl.Cl. The predicted octanol–water partition coefficient (Wildman–Crippen LogP) is 0.792. The third-order valence-corrected chi connectivity index (χ3v) is 3.95. The summed E-state index contributed by atoms with van der Waals surface area (Å²) in [5.41, 5.74) is -0.214. The van der Waals surface area contributed by atoms with Crippen molar-refractivity contribution in [3.63, 3.8) is 0 Å². The summed E-state index contributed by atoms with van der Waals surface area (Å²) in [5, 5.41) is 6.40. The van der Waals surface area contributed by atoms with Crippen molar-refractivity contribution in [1.82, 2.24) is 15.5 Å². The summed E-state index contributed by atoms with van der Waals surface area (Å²) >= 11 is 0. The summed E-state index contributed by atoms with van der Waals surface area (Å²) in [6.45, 7) is 7.05. The number of amides is 1. The van der Waals surface area contributed by atoms with E-state index < -0.39 is 0 Å². The van der Waals surface area contributed by atoms with E-state index in [1.807, 2.05) is 0 Å². The van der Waals surface area contributed by atoms with Crippen molar-refractivity contribution in [2.24, 2.45) is 0 Å². The van der Waals surface area contributed by atoms with Crippen molar-refractivity contribution >= 4 is 30.7 Å². The molecule has 102 valence electrons. The largest absolute Gasteiger partial charge is 0.353 e. The maximum atomic E-state index is 12.0. The van der Waals surface area contributed by atoms with Crippen LogP contribution in [-0.2, 0) is 4.79 Å². The molecular weight excluding hydrogens is 261 g/mol. The molecule has 0 aromatic carbocycles. The van der Waals surface area contributed by atoms with Gasteiger partial charge >= 0.3 is 0 Å². The van der Waals surface area contributed by atoms with E-state index in [-0.39, 0.29) is 41.8 Å². The third kappa shape index (κ3) is 3.05. The molecule has 2 fully saturated rings. The smallest absolute Gasteiger partial charge is 0.240 e. The van der Waals surface area contributed by atoms with Crippen molar-refractivity contribution in [2.45, 2.75) is 37.8 Å². The highest BCUT2D eigenvalue weighted by molar-refractivity contribution is 5.87. The van der Waals surface area contributed by atoms with Crippen LogP contribution in [0.4, 0.5) is 0 Å². The average molecular weight is 284 g/mol. The minimum atomic E-state index is -0.311. The number of piperazine rings is 1. The molecule has 0 bridgehead atoms. The van der Waals surface area contributed by atoms with Gasteiger partial charge in [0, 0.05) is 25.2 Å². The Kier molecular flexibility index (Phi) is 5.73. The molecule has 0 saturated carbocycles. The van der Waals surface area contributed by atoms with Gasteiger partial charge in [-0.2, -0.15) is 0 Å². The highest BCUT2D eigenvalue weighted by Crippen LogP contribution is 2.34. The van der Waals surface area contributed by atoms with E-state index in [2.05, 4.69) is 36.4 Å². The van der Waals surface area contributed by atoms with Gasteiger partial charge in [-0.1, -0.05) is 0 Å². The number of hydrogen-bond donors (Lipinski definition) is 2. The molecule has 6 heteroatoms. The van der Waals surface area contributed by atoms with Crippen LogP contribution in [0.5, 0.6) is 0 Å². The van der Waals surface area contributed by atoms with Crippen LogP contribution in [0.1, 0.15) is 26.7 Å². The molecule has 0 aromatic rings. The number of carbonyl (C=O) groups excluding carboxylic acids is 1. The van der Waals surface area contributed by atoms with Gasteiger partial charge in [-0.15, -0.1) is 24.8 Å². The topological polar surface area (TPSA) is 44.4 Å². The van der Waals surface area contributed by atoms with E-state index in [1.54, 1.807) is 0 Å². The third-order valence-electron chi connectivity index (χ3n) is 3.95. The van der Waals surface area contributed by atoms with E-state index in [1.165, 1.54) is 0 Å². The lowest BCUT2D eigenvalue weighted by atomic mass is 9.75. The van der Waals surface area contributed by atoms with Crippen molar-refractivity contribution < 1.29 is 4.79 Å². The number of likely N-dealkylation sites (tertiary alicyclic amines) is 1. The van der Waals surface area contributed by atoms with E-state index in [9.17, 15) is 4.79 Å². The Bertz CT molecular complexity index is 286. The molecule has 2 N–H and O–H groups in total. The monoisotopic (exact) mass is 283 g/mol. The molecule has 0 aromatic heterocycles. The zero-order valence-corrected chi connectivity index (χ0v) is 12.3. The Morgan fingerprint density at radius 3 is 2.41 bits per heavy atom. The van der Waals surface area contributed by atoms with Crippen LogP contribution in [0, 0.1) is 0 Å². The number of halogens is 2. The van der Waals surface area contributed by atoms with Gasteiger partial charge in [0.15, 0.2) is 0 Å². The van der Waals surface area contributed by atoms with Gasteiger partial charge in [0.2, 0.25) is 5.91 Å².